The van der Waals surface area contributed by atoms with Crippen LogP contribution < -0.4 is 5.32 Å². The lowest BCUT2D eigenvalue weighted by atomic mass is 9.51. The van der Waals surface area contributed by atoms with Gasteiger partial charge in [-0.2, -0.15) is 0 Å². The van der Waals surface area contributed by atoms with E-state index >= 15 is 0 Å². The Hall–Kier alpha value is -1.16. The lowest BCUT2D eigenvalue weighted by molar-refractivity contribution is -0.132. The molecule has 4 fully saturated rings. The number of nitrogens with zero attached hydrogens (tertiary/aromatic N) is 2. The number of amides is 1. The average molecular weight is 292 g/mol. The Morgan fingerprint density at radius 1 is 1.10 bits per heavy atom. The SMILES string of the molecule is O=C(Nc1cncc(Cl)n1)C1C2CC3CC(C2)CC1C3. The van der Waals surface area contributed by atoms with Crippen molar-refractivity contribution in [1.82, 2.24) is 9.97 Å². The molecule has 4 bridgehead atoms. The molecule has 4 nitrogen and oxygen atoms in total. The van der Waals surface area contributed by atoms with E-state index in [1.165, 1.54) is 38.3 Å². The van der Waals surface area contributed by atoms with E-state index in [0.29, 0.717) is 22.8 Å². The molecule has 1 aromatic heterocycles. The standard InChI is InChI=1S/C15H18ClN3O/c16-12-6-17-7-13(18-12)19-15(20)14-10-2-8-1-9(4-10)5-11(14)3-8/h6-11,14H,1-5H2,(H,18,19,20). The Balaban J connectivity index is 1.51. The number of rotatable bonds is 2. The Morgan fingerprint density at radius 2 is 1.75 bits per heavy atom. The molecule has 0 saturated heterocycles. The van der Waals surface area contributed by atoms with Crippen LogP contribution in [-0.4, -0.2) is 15.9 Å². The summed E-state index contributed by atoms with van der Waals surface area (Å²) in [4.78, 5) is 20.7. The van der Waals surface area contributed by atoms with Crippen molar-refractivity contribution in [2.24, 2.45) is 29.6 Å². The van der Waals surface area contributed by atoms with Crippen LogP contribution in [0.25, 0.3) is 0 Å². The normalized spacial score (nSPS) is 38.0. The molecule has 1 N–H and O–H groups in total. The lowest BCUT2D eigenvalue weighted by Gasteiger charge is -2.53. The number of carbonyl (C=O) groups is 1. The van der Waals surface area contributed by atoms with Gasteiger partial charge in [-0.3, -0.25) is 9.78 Å². The minimum absolute atomic E-state index is 0.121. The van der Waals surface area contributed by atoms with E-state index in [-0.39, 0.29) is 11.8 Å². The second kappa shape index (κ2) is 4.69. The second-order valence-electron chi connectivity index (χ2n) is 6.67. The maximum Gasteiger partial charge on any atom is 0.229 e. The molecule has 1 aromatic rings. The van der Waals surface area contributed by atoms with Gasteiger partial charge in [0.2, 0.25) is 5.91 Å². The Labute approximate surface area is 123 Å². The first kappa shape index (κ1) is 12.6. The largest absolute Gasteiger partial charge is 0.309 e. The van der Waals surface area contributed by atoms with Gasteiger partial charge < -0.3 is 5.32 Å². The highest BCUT2D eigenvalue weighted by molar-refractivity contribution is 6.29. The third kappa shape index (κ3) is 2.10. The van der Waals surface area contributed by atoms with Gasteiger partial charge in [0.25, 0.3) is 0 Å². The molecule has 5 rings (SSSR count). The first-order valence-corrected chi connectivity index (χ1v) is 7.85. The summed E-state index contributed by atoms with van der Waals surface area (Å²) >= 11 is 5.81. The average Bonchev–Trinajstić information content (AvgIpc) is 2.37. The Morgan fingerprint density at radius 3 is 2.35 bits per heavy atom. The first-order chi connectivity index (χ1) is 9.69. The number of hydrogen-bond acceptors (Lipinski definition) is 3. The molecule has 4 saturated carbocycles. The number of nitrogens with one attached hydrogen (secondary N) is 1. The summed E-state index contributed by atoms with van der Waals surface area (Å²) in [5, 5.41) is 3.23. The van der Waals surface area contributed by atoms with Crippen LogP contribution in [0.1, 0.15) is 32.1 Å². The molecule has 0 aliphatic heterocycles. The fraction of sp³-hybridized carbons (Fsp3) is 0.667. The van der Waals surface area contributed by atoms with Crippen molar-refractivity contribution in [3.8, 4) is 0 Å². The zero-order valence-electron chi connectivity index (χ0n) is 11.3. The van der Waals surface area contributed by atoms with Crippen molar-refractivity contribution in [3.63, 3.8) is 0 Å². The summed E-state index contributed by atoms with van der Waals surface area (Å²) in [6.07, 6.45) is 9.40. The zero-order chi connectivity index (χ0) is 13.7. The molecule has 4 aliphatic carbocycles. The molecule has 5 heteroatoms. The predicted molar refractivity (Wildman–Crippen MR) is 76.2 cm³/mol. The minimum Gasteiger partial charge on any atom is -0.309 e. The van der Waals surface area contributed by atoms with Crippen molar-refractivity contribution in [3.05, 3.63) is 17.5 Å². The molecule has 20 heavy (non-hydrogen) atoms. The molecule has 4 aliphatic rings. The van der Waals surface area contributed by atoms with Crippen LogP contribution in [0.3, 0.4) is 0 Å². The first-order valence-electron chi connectivity index (χ1n) is 7.47. The molecule has 1 heterocycles. The number of carbonyl (C=O) groups excluding carboxylic acids is 1. The second-order valence-corrected chi connectivity index (χ2v) is 7.06. The predicted octanol–water partition coefficient (Wildman–Crippen LogP) is 3.14. The van der Waals surface area contributed by atoms with E-state index in [2.05, 4.69) is 15.3 Å². The Bertz CT molecular complexity index is 520. The molecule has 0 spiro atoms. The summed E-state index contributed by atoms with van der Waals surface area (Å²) in [5.41, 5.74) is 0. The van der Waals surface area contributed by atoms with Crippen LogP contribution in [0, 0.1) is 29.6 Å². The summed E-state index contributed by atoms with van der Waals surface area (Å²) in [5.74, 6) is 3.69. The van der Waals surface area contributed by atoms with Gasteiger partial charge >= 0.3 is 0 Å². The van der Waals surface area contributed by atoms with Crippen LogP contribution >= 0.6 is 11.6 Å². The van der Waals surface area contributed by atoms with E-state index in [1.807, 2.05) is 0 Å². The van der Waals surface area contributed by atoms with E-state index in [1.54, 1.807) is 6.20 Å². The van der Waals surface area contributed by atoms with Gasteiger partial charge in [0.1, 0.15) is 5.15 Å². The van der Waals surface area contributed by atoms with Gasteiger partial charge in [0.15, 0.2) is 5.82 Å². The van der Waals surface area contributed by atoms with Crippen molar-refractivity contribution >= 4 is 23.3 Å². The third-order valence-corrected chi connectivity index (χ3v) is 5.57. The fourth-order valence-electron chi connectivity index (χ4n) is 4.97. The zero-order valence-corrected chi connectivity index (χ0v) is 12.0. The van der Waals surface area contributed by atoms with Crippen LogP contribution in [0.4, 0.5) is 5.82 Å². The smallest absolute Gasteiger partial charge is 0.229 e. The molecule has 0 aromatic carbocycles. The Kier molecular flexibility index (Phi) is 2.95. The van der Waals surface area contributed by atoms with Crippen LogP contribution in [0.5, 0.6) is 0 Å². The summed E-state index contributed by atoms with van der Waals surface area (Å²) in [6, 6.07) is 0. The number of aromatic nitrogens is 2. The summed E-state index contributed by atoms with van der Waals surface area (Å²) in [7, 11) is 0. The molecular formula is C15H18ClN3O. The highest BCUT2D eigenvalue weighted by Crippen LogP contribution is 2.56. The van der Waals surface area contributed by atoms with Gasteiger partial charge in [-0.05, 0) is 55.8 Å². The van der Waals surface area contributed by atoms with Gasteiger partial charge in [0.05, 0.1) is 12.4 Å². The molecule has 0 atom stereocenters. The fourth-order valence-corrected chi connectivity index (χ4v) is 5.11. The number of anilines is 1. The van der Waals surface area contributed by atoms with Gasteiger partial charge in [-0.1, -0.05) is 11.6 Å². The number of halogens is 1. The third-order valence-electron chi connectivity index (χ3n) is 5.39. The monoisotopic (exact) mass is 291 g/mol. The minimum atomic E-state index is 0.121. The molecule has 0 radical (unpaired) electrons. The summed E-state index contributed by atoms with van der Waals surface area (Å²) in [6.45, 7) is 0. The lowest BCUT2D eigenvalue weighted by Crippen LogP contribution is -2.49. The van der Waals surface area contributed by atoms with Crippen molar-refractivity contribution in [2.75, 3.05) is 5.32 Å². The quantitative estimate of drug-likeness (QED) is 0.911. The van der Waals surface area contributed by atoms with E-state index in [9.17, 15) is 4.79 Å². The molecular weight excluding hydrogens is 274 g/mol. The van der Waals surface area contributed by atoms with Crippen LogP contribution in [0.15, 0.2) is 12.4 Å². The van der Waals surface area contributed by atoms with Gasteiger partial charge in [0, 0.05) is 5.92 Å². The van der Waals surface area contributed by atoms with Gasteiger partial charge in [-0.25, -0.2) is 4.98 Å². The van der Waals surface area contributed by atoms with E-state index < -0.39 is 0 Å². The van der Waals surface area contributed by atoms with Crippen molar-refractivity contribution < 1.29 is 4.79 Å². The molecule has 0 unspecified atom stereocenters. The molecule has 1 amide bonds. The van der Waals surface area contributed by atoms with Crippen LogP contribution in [0.2, 0.25) is 5.15 Å². The maximum atomic E-state index is 12.6. The number of hydrogen-bond donors (Lipinski definition) is 1. The molecule has 106 valence electrons. The van der Waals surface area contributed by atoms with Crippen molar-refractivity contribution in [1.29, 1.82) is 0 Å². The van der Waals surface area contributed by atoms with E-state index in [0.717, 1.165) is 11.8 Å². The topological polar surface area (TPSA) is 54.9 Å². The van der Waals surface area contributed by atoms with Crippen molar-refractivity contribution in [2.45, 2.75) is 32.1 Å². The highest BCUT2D eigenvalue weighted by atomic mass is 35.5. The highest BCUT2D eigenvalue weighted by Gasteiger charge is 2.50. The van der Waals surface area contributed by atoms with Crippen LogP contribution in [-0.2, 0) is 4.79 Å². The summed E-state index contributed by atoms with van der Waals surface area (Å²) < 4.78 is 0. The van der Waals surface area contributed by atoms with E-state index in [4.69, 9.17) is 11.6 Å². The van der Waals surface area contributed by atoms with Gasteiger partial charge in [-0.15, -0.1) is 0 Å². The maximum absolute atomic E-state index is 12.6.